The highest BCUT2D eigenvalue weighted by Gasteiger charge is 2.34. The van der Waals surface area contributed by atoms with Crippen molar-refractivity contribution in [3.63, 3.8) is 0 Å². The molecule has 0 saturated heterocycles. The van der Waals surface area contributed by atoms with Crippen LogP contribution in [0.25, 0.3) is 0 Å². The van der Waals surface area contributed by atoms with E-state index in [4.69, 9.17) is 74.3 Å². The number of rotatable bonds is 7. The molecule has 5 rings (SSSR count). The van der Waals surface area contributed by atoms with Crippen molar-refractivity contribution >= 4 is 115 Å². The summed E-state index contributed by atoms with van der Waals surface area (Å²) in [5.74, 6) is -0.150. The molecule has 0 unspecified atom stereocenters. The Morgan fingerprint density at radius 2 is 0.947 bits per heavy atom. The van der Waals surface area contributed by atoms with E-state index in [1.54, 1.807) is 6.07 Å². The summed E-state index contributed by atoms with van der Waals surface area (Å²) in [6.45, 7) is 0. The Balaban J connectivity index is 0.000000257. The van der Waals surface area contributed by atoms with Gasteiger partial charge in [-0.1, -0.05) is 69.6 Å². The van der Waals surface area contributed by atoms with Gasteiger partial charge in [-0.2, -0.15) is 34.8 Å². The molecule has 5 aromatic rings. The van der Waals surface area contributed by atoms with Crippen LogP contribution in [0.5, 0.6) is 11.5 Å². The number of nitrogens with one attached hydrogen (secondary N) is 4. The lowest BCUT2D eigenvalue weighted by atomic mass is 10.2. The predicted octanol–water partition coefficient (Wildman–Crippen LogP) is 13.7. The Hall–Kier alpha value is -4.33. The van der Waals surface area contributed by atoms with Crippen LogP contribution in [0.1, 0.15) is 11.1 Å². The van der Waals surface area contributed by atoms with Gasteiger partial charge in [0.15, 0.2) is 5.75 Å². The topological polar surface area (TPSA) is 146 Å². The molecule has 302 valence electrons. The third-order valence-corrected chi connectivity index (χ3v) is 9.57. The van der Waals surface area contributed by atoms with Crippen molar-refractivity contribution in [2.75, 3.05) is 21.3 Å². The van der Waals surface area contributed by atoms with E-state index in [2.05, 4.69) is 21.3 Å². The number of alkyl halides is 6. The summed E-state index contributed by atoms with van der Waals surface area (Å²) in [5, 5.41) is 9.10. The van der Waals surface area contributed by atoms with Crippen molar-refractivity contribution in [1.29, 1.82) is 0 Å². The monoisotopic (exact) mass is 936 g/mol. The number of benzene rings is 5. The van der Waals surface area contributed by atoms with Gasteiger partial charge < -0.3 is 26.0 Å². The fraction of sp³-hybridized carbons (Fsp3) is 0.0588. The average Bonchev–Trinajstić information content (AvgIpc) is 3.09. The van der Waals surface area contributed by atoms with Crippen LogP contribution in [0.15, 0.2) is 95.9 Å². The SMILES string of the molecule is O=C(Nc1ccc(Cl)c(C(F)(F)F)c1)Nc1ccc(Cl)c(C(F)(F)F)c1.O=C(Nc1ccc(Cl)c(Cl)c1)Nc1cc(Cl)ccc1Oc1ccc(Cl)cc1S(=O)(=O)O. The maximum atomic E-state index is 12.8. The highest BCUT2D eigenvalue weighted by molar-refractivity contribution is 7.86. The number of carbonyl (C=O) groups excluding carboxylic acids is 2. The Morgan fingerprint density at radius 3 is 1.40 bits per heavy atom. The van der Waals surface area contributed by atoms with E-state index in [1.807, 2.05) is 0 Å². The van der Waals surface area contributed by atoms with Crippen LogP contribution in [0.4, 0.5) is 58.7 Å². The smallest absolute Gasteiger partial charge is 0.417 e. The Kier molecular flexibility index (Phi) is 14.7. The number of halogens is 12. The number of amides is 4. The van der Waals surface area contributed by atoms with Crippen LogP contribution in [-0.4, -0.2) is 25.0 Å². The Bertz CT molecular complexity index is 2370. The summed E-state index contributed by atoms with van der Waals surface area (Å²) in [5.41, 5.74) is -2.32. The molecule has 0 heterocycles. The van der Waals surface area contributed by atoms with Gasteiger partial charge in [0.05, 0.1) is 36.9 Å². The molecule has 0 aromatic heterocycles. The van der Waals surface area contributed by atoms with Crippen LogP contribution in [-0.2, 0) is 22.5 Å². The summed E-state index contributed by atoms with van der Waals surface area (Å²) in [6.07, 6.45) is -9.47. The molecule has 0 atom stereocenters. The first-order valence-electron chi connectivity index (χ1n) is 15.0. The summed E-state index contributed by atoms with van der Waals surface area (Å²) in [6, 6.07) is 16.1. The molecule has 23 heteroatoms. The normalized spacial score (nSPS) is 11.5. The van der Waals surface area contributed by atoms with Gasteiger partial charge >= 0.3 is 24.4 Å². The molecule has 0 aliphatic rings. The van der Waals surface area contributed by atoms with Crippen LogP contribution in [0, 0.1) is 0 Å². The van der Waals surface area contributed by atoms with Crippen molar-refractivity contribution in [2.24, 2.45) is 0 Å². The first-order chi connectivity index (χ1) is 26.4. The molecular formula is C34H20Cl6F6N4O6S. The van der Waals surface area contributed by atoms with Gasteiger partial charge in [0, 0.05) is 27.1 Å². The maximum absolute atomic E-state index is 12.8. The average molecular weight is 939 g/mol. The second-order valence-corrected chi connectivity index (χ2v) is 14.9. The van der Waals surface area contributed by atoms with Crippen molar-refractivity contribution < 1.29 is 53.6 Å². The quantitative estimate of drug-likeness (QED) is 0.0811. The molecule has 5 aromatic carbocycles. The zero-order chi connectivity index (χ0) is 42.5. The second kappa shape index (κ2) is 18.5. The standard InChI is InChI=1S/C19H12Cl4N2O5S.C15H8Cl2F6N2O/c20-10-1-5-16(30-17-6-2-11(21)8-18(17)31(27,28)29)15(7-10)25-19(26)24-12-3-4-13(22)14(23)9-12;16-11-3-1-7(5-9(11)14(18,19)20)24-13(26)25-8-2-4-12(17)10(6-8)15(21,22)23/h1-9H,(H2,24,25,26)(H,27,28,29);1-6H,(H2,24,25,26). The minimum absolute atomic E-state index is 0.0564. The van der Waals surface area contributed by atoms with Crippen LogP contribution in [0.3, 0.4) is 0 Å². The number of carbonyl (C=O) groups is 2. The summed E-state index contributed by atoms with van der Waals surface area (Å²) < 4.78 is 115. The van der Waals surface area contributed by atoms with E-state index in [-0.39, 0.29) is 43.6 Å². The maximum Gasteiger partial charge on any atom is 0.417 e. The molecule has 0 saturated carbocycles. The van der Waals surface area contributed by atoms with Gasteiger partial charge in [0.25, 0.3) is 10.1 Å². The molecule has 0 radical (unpaired) electrons. The lowest BCUT2D eigenvalue weighted by Crippen LogP contribution is -2.20. The molecule has 0 aliphatic carbocycles. The van der Waals surface area contributed by atoms with Crippen LogP contribution in [0.2, 0.25) is 30.1 Å². The minimum atomic E-state index is -4.73. The van der Waals surface area contributed by atoms with E-state index >= 15 is 0 Å². The summed E-state index contributed by atoms with van der Waals surface area (Å²) in [7, 11) is -4.63. The second-order valence-electron chi connectivity index (χ2n) is 11.0. The van der Waals surface area contributed by atoms with Gasteiger partial charge in [-0.15, -0.1) is 0 Å². The van der Waals surface area contributed by atoms with Crippen molar-refractivity contribution in [3.8, 4) is 11.5 Å². The lowest BCUT2D eigenvalue weighted by Gasteiger charge is -2.15. The fourth-order valence-corrected chi connectivity index (χ4v) is 6.16. The third-order valence-electron chi connectivity index (χ3n) is 6.83. The number of anilines is 4. The van der Waals surface area contributed by atoms with E-state index in [0.717, 1.165) is 30.3 Å². The Labute approximate surface area is 348 Å². The summed E-state index contributed by atoms with van der Waals surface area (Å²) in [4.78, 5) is 23.7. The zero-order valence-corrected chi connectivity index (χ0v) is 32.9. The van der Waals surface area contributed by atoms with E-state index < -0.39 is 60.6 Å². The number of urea groups is 2. The number of hydrogen-bond donors (Lipinski definition) is 5. The van der Waals surface area contributed by atoms with Crippen LogP contribution >= 0.6 is 69.6 Å². The first kappa shape index (κ1) is 45.4. The molecule has 0 fully saturated rings. The fourth-order valence-electron chi connectivity index (χ4n) is 4.37. The van der Waals surface area contributed by atoms with E-state index in [1.165, 1.54) is 42.5 Å². The van der Waals surface area contributed by atoms with Crippen LogP contribution < -0.4 is 26.0 Å². The molecule has 10 nitrogen and oxygen atoms in total. The molecule has 0 bridgehead atoms. The summed E-state index contributed by atoms with van der Waals surface area (Å²) >= 11 is 34.5. The zero-order valence-electron chi connectivity index (χ0n) is 27.6. The largest absolute Gasteiger partial charge is 0.454 e. The number of hydrogen-bond acceptors (Lipinski definition) is 5. The highest BCUT2D eigenvalue weighted by Crippen LogP contribution is 2.39. The molecular weight excluding hydrogens is 919 g/mol. The minimum Gasteiger partial charge on any atom is -0.454 e. The van der Waals surface area contributed by atoms with Gasteiger partial charge in [0.2, 0.25) is 0 Å². The first-order valence-corrected chi connectivity index (χ1v) is 18.7. The molecule has 57 heavy (non-hydrogen) atoms. The molecule has 0 spiro atoms. The van der Waals surface area contributed by atoms with Crippen molar-refractivity contribution in [1.82, 2.24) is 0 Å². The lowest BCUT2D eigenvalue weighted by molar-refractivity contribution is -0.138. The van der Waals surface area contributed by atoms with Gasteiger partial charge in [0.1, 0.15) is 10.6 Å². The van der Waals surface area contributed by atoms with Crippen molar-refractivity contribution in [2.45, 2.75) is 17.2 Å². The van der Waals surface area contributed by atoms with Crippen molar-refractivity contribution in [3.05, 3.63) is 132 Å². The van der Waals surface area contributed by atoms with E-state index in [9.17, 15) is 48.9 Å². The van der Waals surface area contributed by atoms with E-state index in [0.29, 0.717) is 22.8 Å². The molecule has 5 N–H and O–H groups in total. The molecule has 0 aliphatic heterocycles. The highest BCUT2D eigenvalue weighted by atomic mass is 35.5. The number of ether oxygens (including phenoxy) is 1. The van der Waals surface area contributed by atoms with Gasteiger partial charge in [-0.25, -0.2) is 9.59 Å². The van der Waals surface area contributed by atoms with Gasteiger partial charge in [-0.05, 0) is 91.0 Å². The molecule has 4 amide bonds. The third kappa shape index (κ3) is 13.1. The predicted molar refractivity (Wildman–Crippen MR) is 207 cm³/mol. The Morgan fingerprint density at radius 1 is 0.526 bits per heavy atom. The van der Waals surface area contributed by atoms with Gasteiger partial charge in [-0.3, -0.25) is 4.55 Å².